The Morgan fingerprint density at radius 3 is 1.28 bits per heavy atom. The molecule has 15 aromatic rings. The molecule has 0 amide bonds. The number of nitrogens with zero attached hydrogens (tertiary/aromatic N) is 16. The van der Waals surface area contributed by atoms with Gasteiger partial charge in [0.15, 0.2) is 57.7 Å². The first-order chi connectivity index (χ1) is 60.6. The molecule has 1 atom stereocenters. The quantitative estimate of drug-likeness (QED) is 0.0341. The zero-order valence-corrected chi connectivity index (χ0v) is 69.4. The molecule has 0 N–H and O–H groups in total. The fraction of sp³-hybridized carbons (Fsp3) is 0.132. The molecule has 15 rings (SSSR count). The predicted molar refractivity (Wildman–Crippen MR) is 450 cm³/mol. The molecule has 10 aromatic heterocycles. The summed E-state index contributed by atoms with van der Waals surface area (Å²) in [4.78, 5) is 122. The summed E-state index contributed by atoms with van der Waals surface area (Å²) in [6, 6.07) is 38.0. The Morgan fingerprint density at radius 2 is 0.841 bits per heavy atom. The van der Waals surface area contributed by atoms with Gasteiger partial charge in [-0.1, -0.05) is 29.3 Å². The highest BCUT2D eigenvalue weighted by molar-refractivity contribution is 7.11. The number of Topliss-reactive ketones (excluding diaryl/α,β-unsaturated/α-hetero) is 5. The maximum Gasteiger partial charge on any atom is 0.272 e. The van der Waals surface area contributed by atoms with Crippen molar-refractivity contribution in [2.45, 2.75) is 78.8 Å². The van der Waals surface area contributed by atoms with Gasteiger partial charge in [-0.3, -0.25) is 43.9 Å². The van der Waals surface area contributed by atoms with Crippen LogP contribution < -0.4 is 23.7 Å². The predicted octanol–water partition coefficient (Wildman–Crippen LogP) is 20.2. The number of ether oxygens (including phenoxy) is 5. The van der Waals surface area contributed by atoms with E-state index in [1.165, 1.54) is 154 Å². The largest absolute Gasteiger partial charge is 0.454 e. The molecule has 35 heteroatoms. The minimum absolute atomic E-state index is 0.0252. The Hall–Kier alpha value is -15.3. The summed E-state index contributed by atoms with van der Waals surface area (Å²) in [5, 5.41) is 10.7. The van der Waals surface area contributed by atoms with Crippen LogP contribution in [-0.2, 0) is 38.0 Å². The second-order valence-electron chi connectivity index (χ2n) is 27.1. The Kier molecular flexibility index (Phi) is 32.3. The van der Waals surface area contributed by atoms with Crippen molar-refractivity contribution in [3.63, 3.8) is 0 Å². The fourth-order valence-corrected chi connectivity index (χ4v) is 12.5. The van der Waals surface area contributed by atoms with Crippen LogP contribution in [0.1, 0.15) is 133 Å². The number of carbonyl (C=O) groups excluding carboxylic acids is 5. The van der Waals surface area contributed by atoms with Gasteiger partial charge in [0.05, 0.1) is 111 Å². The van der Waals surface area contributed by atoms with Crippen LogP contribution in [0, 0.1) is 49.6 Å². The van der Waals surface area contributed by atoms with E-state index in [0.717, 1.165) is 65.1 Å². The highest BCUT2D eigenvalue weighted by Gasteiger charge is 2.26. The molecule has 10 heterocycles. The van der Waals surface area contributed by atoms with Crippen molar-refractivity contribution >= 4 is 63.5 Å². The number of ketones is 5. The van der Waals surface area contributed by atoms with Crippen molar-refractivity contribution in [1.82, 2.24) is 74.8 Å². The third-order valence-electron chi connectivity index (χ3n) is 16.9. The Morgan fingerprint density at radius 1 is 0.421 bits per heavy atom. The number of hydrogen-bond acceptors (Lipinski definition) is 27. The lowest BCUT2D eigenvalue weighted by molar-refractivity contribution is 0.0170. The molecule has 0 saturated carbocycles. The van der Waals surface area contributed by atoms with Gasteiger partial charge in [-0.15, -0.1) is 11.3 Å². The van der Waals surface area contributed by atoms with Gasteiger partial charge in [-0.05, 0) is 167 Å². The molecule has 0 aliphatic heterocycles. The molecular formula is C91H68Cl2F6N16O10S. The maximum atomic E-state index is 13.9. The lowest BCUT2D eigenvalue weighted by atomic mass is 10.0. The number of pyridine rings is 4. The molecule has 0 saturated heterocycles. The van der Waals surface area contributed by atoms with E-state index < -0.39 is 35.3 Å². The molecule has 0 fully saturated rings. The van der Waals surface area contributed by atoms with Crippen LogP contribution in [0.15, 0.2) is 258 Å². The summed E-state index contributed by atoms with van der Waals surface area (Å²) < 4.78 is 108. The Balaban J connectivity index is 0.000000153. The zero-order chi connectivity index (χ0) is 89.7. The van der Waals surface area contributed by atoms with Crippen molar-refractivity contribution < 1.29 is 74.0 Å². The molecule has 1 unspecified atom stereocenters. The van der Waals surface area contributed by atoms with Crippen molar-refractivity contribution in [3.05, 3.63) is 374 Å². The van der Waals surface area contributed by atoms with E-state index in [1.807, 2.05) is 57.2 Å². The summed E-state index contributed by atoms with van der Waals surface area (Å²) >= 11 is 13.7. The molecule has 5 aromatic carbocycles. The standard InChI is InChI=1S/C19H14ClF2N3O2.C19H14F3N3O2.C18H14ClN3O2.C18H11FN4O2.C17H15N3O2S/c1-19(21,22)13-2-3-15(25-8-13)7-18(26)12-4-14(20)6-16(5-12)27-17-9-23-11-24-10-17;1-11(20)19-17(22)3-2-14(25-19)7-18(26)12-4-13(21)6-15(5-12)27-16-8-23-10-24-9-16;1-12-3-2-4-15(22-12)8-18(23)13-5-14(19)7-16(6-13)24-17-9-20-11-21-10-17;19-14-1-2-23-15(6-14)7-18(24)13-3-12(8-20)4-16(5-13)25-17-9-21-11-22-10-17;1-11-3-13(16(21)6-17-20-7-12(2)23-17)5-14(4-11)22-15-8-18-10-19-9-15/h2*2-6,8-11H,7H2,1H3;2-7,9-11H,8H2,1H3;1-6,9-11H,7H2;3-5,7-10H,6H2,1-2H3. The first-order valence-electron chi connectivity index (χ1n) is 37.5. The SMILES string of the molecule is CC(F)(F)c1ccc(CC(=O)c2cc(Cl)cc(Oc3cncnc3)c2)nc1.CC(F)c1nc(CC(=O)c2cc(F)cc(Oc3cncnc3)c2)ccc1F.Cc1cc(Oc2cncnc2)cc(C(=O)Cc2ncc(C)s2)c1.Cc1cccc(CC(=O)c2cc(Cl)cc(Oc3cncnc3)c2)n1.N#Cc1cc(Oc2cncnc2)cc(C(=O)Cc2cc(F)ccn2)c1. The van der Waals surface area contributed by atoms with Crippen molar-refractivity contribution in [2.75, 3.05) is 0 Å². The van der Waals surface area contributed by atoms with E-state index in [4.69, 9.17) is 52.1 Å². The number of rotatable bonds is 27. The lowest BCUT2D eigenvalue weighted by Crippen LogP contribution is -2.09. The van der Waals surface area contributed by atoms with Gasteiger partial charge in [0, 0.05) is 103 Å². The van der Waals surface area contributed by atoms with Crippen LogP contribution in [0.2, 0.25) is 10.0 Å². The second kappa shape index (κ2) is 44.5. The van der Waals surface area contributed by atoms with Crippen LogP contribution in [-0.4, -0.2) is 104 Å². The molecule has 0 aliphatic carbocycles. The highest BCUT2D eigenvalue weighted by Crippen LogP contribution is 2.33. The Bertz CT molecular complexity index is 6350. The third-order valence-corrected chi connectivity index (χ3v) is 18.2. The number of alkyl halides is 3. The van der Waals surface area contributed by atoms with Crippen molar-refractivity contribution in [2.24, 2.45) is 0 Å². The van der Waals surface area contributed by atoms with E-state index in [2.05, 4.69) is 74.8 Å². The normalized spacial score (nSPS) is 10.9. The molecule has 0 spiro atoms. The number of hydrogen-bond donors (Lipinski definition) is 0. The molecule has 0 aliphatic rings. The zero-order valence-electron chi connectivity index (χ0n) is 67.0. The van der Waals surface area contributed by atoms with Crippen LogP contribution in [0.4, 0.5) is 26.3 Å². The highest BCUT2D eigenvalue weighted by atomic mass is 35.5. The van der Waals surface area contributed by atoms with Gasteiger partial charge < -0.3 is 23.7 Å². The van der Waals surface area contributed by atoms with Crippen molar-refractivity contribution in [3.8, 4) is 63.6 Å². The van der Waals surface area contributed by atoms with Gasteiger partial charge >= 0.3 is 0 Å². The van der Waals surface area contributed by atoms with E-state index in [-0.39, 0.29) is 94.0 Å². The average Bonchev–Trinajstić information content (AvgIpc) is 1.25. The third kappa shape index (κ3) is 29.0. The number of nitriles is 1. The molecule has 126 heavy (non-hydrogen) atoms. The lowest BCUT2D eigenvalue weighted by Gasteiger charge is -2.10. The van der Waals surface area contributed by atoms with Crippen LogP contribution in [0.25, 0.3) is 0 Å². The number of benzene rings is 5. The minimum Gasteiger partial charge on any atom is -0.454 e. The molecule has 634 valence electrons. The van der Waals surface area contributed by atoms with Gasteiger partial charge in [-0.2, -0.15) is 5.26 Å². The van der Waals surface area contributed by atoms with Gasteiger partial charge in [0.1, 0.15) is 94.7 Å². The number of aromatic nitrogens is 15. The van der Waals surface area contributed by atoms with Gasteiger partial charge in [0.2, 0.25) is 0 Å². The average molecular weight is 1760 g/mol. The minimum atomic E-state index is -2.98. The smallest absolute Gasteiger partial charge is 0.272 e. The fourth-order valence-electron chi connectivity index (χ4n) is 11.3. The summed E-state index contributed by atoms with van der Waals surface area (Å²) in [6.45, 7) is 7.74. The Labute approximate surface area is 729 Å². The molecule has 0 bridgehead atoms. The van der Waals surface area contributed by atoms with Crippen LogP contribution >= 0.6 is 34.5 Å². The summed E-state index contributed by atoms with van der Waals surface area (Å²) in [5.74, 6) is -2.11. The first-order valence-corrected chi connectivity index (χ1v) is 39.1. The summed E-state index contributed by atoms with van der Waals surface area (Å²) in [5.41, 5.74) is 4.85. The molecular weight excluding hydrogens is 1690 g/mol. The van der Waals surface area contributed by atoms with Crippen LogP contribution in [0.3, 0.4) is 0 Å². The van der Waals surface area contributed by atoms with Gasteiger partial charge in [0.25, 0.3) is 5.92 Å². The number of aryl methyl sites for hydroxylation is 3. The topological polar surface area (TPSA) is 349 Å². The molecule has 26 nitrogen and oxygen atoms in total. The van der Waals surface area contributed by atoms with E-state index in [0.29, 0.717) is 90.5 Å². The number of halogens is 8. The second-order valence-corrected chi connectivity index (χ2v) is 29.3. The maximum absolute atomic E-state index is 13.9. The number of carbonyl (C=O) groups is 5. The van der Waals surface area contributed by atoms with E-state index >= 15 is 0 Å². The van der Waals surface area contributed by atoms with E-state index in [1.54, 1.807) is 60.3 Å². The first kappa shape index (κ1) is 91.5. The van der Waals surface area contributed by atoms with E-state index in [9.17, 15) is 50.3 Å². The summed E-state index contributed by atoms with van der Waals surface area (Å²) in [7, 11) is 0. The van der Waals surface area contributed by atoms with Crippen molar-refractivity contribution in [1.29, 1.82) is 5.26 Å². The van der Waals surface area contributed by atoms with Gasteiger partial charge in [-0.25, -0.2) is 81.2 Å². The van der Waals surface area contributed by atoms with Crippen LogP contribution in [0.5, 0.6) is 57.5 Å². The monoisotopic (exact) mass is 1760 g/mol. The summed E-state index contributed by atoms with van der Waals surface area (Å²) in [6.07, 6.45) is 24.5. The molecule has 0 radical (unpaired) electrons. The number of thiazole rings is 1.